The van der Waals surface area contributed by atoms with Gasteiger partial charge in [-0.05, 0) is 38.7 Å². The third-order valence-electron chi connectivity index (χ3n) is 4.70. The molecule has 0 bridgehead atoms. The van der Waals surface area contributed by atoms with Gasteiger partial charge in [-0.3, -0.25) is 4.79 Å². The number of ether oxygens (including phenoxy) is 1. The number of halogens is 1. The van der Waals surface area contributed by atoms with Crippen molar-refractivity contribution in [1.29, 1.82) is 0 Å². The fourth-order valence-electron chi connectivity index (χ4n) is 3.15. The van der Waals surface area contributed by atoms with Gasteiger partial charge in [0, 0.05) is 29.6 Å². The van der Waals surface area contributed by atoms with Crippen LogP contribution in [0.15, 0.2) is 18.2 Å². The van der Waals surface area contributed by atoms with Crippen molar-refractivity contribution in [3.05, 3.63) is 23.9 Å². The second-order valence-corrected chi connectivity index (χ2v) is 6.94. The number of nitrogens with one attached hydrogen (secondary N) is 1. The zero-order chi connectivity index (χ0) is 16.4. The van der Waals surface area contributed by atoms with Crippen molar-refractivity contribution >= 4 is 18.3 Å². The lowest BCUT2D eigenvalue weighted by molar-refractivity contribution is -0.123. The van der Waals surface area contributed by atoms with Crippen LogP contribution < -0.4 is 10.1 Å². The molecule has 0 aromatic carbocycles. The van der Waals surface area contributed by atoms with Crippen LogP contribution in [0.4, 0.5) is 0 Å². The van der Waals surface area contributed by atoms with Crippen molar-refractivity contribution in [3.8, 4) is 5.88 Å². The highest BCUT2D eigenvalue weighted by Gasteiger charge is 2.45. The molecule has 6 nitrogen and oxygen atoms in total. The number of amides is 1. The molecule has 0 spiro atoms. The molecule has 0 saturated heterocycles. The molecule has 2 saturated carbocycles. The standard InChI is InChI=1S/C17H24N2O4.ClH/c1-11-3-2-4-15(19-11)23-10-17(7-13(20)14(21)8-17)9-18-16(22)12-5-6-12;/h2-4,12-14,20-21H,5-10H2,1H3,(H,18,22);1H/t13-,14+,17?;. The Labute approximate surface area is 148 Å². The molecule has 24 heavy (non-hydrogen) atoms. The first kappa shape index (κ1) is 19.0. The quantitative estimate of drug-likeness (QED) is 0.712. The van der Waals surface area contributed by atoms with Crippen LogP contribution >= 0.6 is 12.4 Å². The van der Waals surface area contributed by atoms with Gasteiger partial charge in [-0.2, -0.15) is 0 Å². The van der Waals surface area contributed by atoms with Crippen LogP contribution in [0.3, 0.4) is 0 Å². The SMILES string of the molecule is Cc1cccc(OCC2(CNC(=O)C3CC3)C[C@@H](O)[C@@H](O)C2)n1.Cl. The molecule has 2 aliphatic rings. The minimum Gasteiger partial charge on any atom is -0.477 e. The van der Waals surface area contributed by atoms with Gasteiger partial charge in [0.05, 0.1) is 18.8 Å². The van der Waals surface area contributed by atoms with Crippen LogP contribution in [0.2, 0.25) is 0 Å². The highest BCUT2D eigenvalue weighted by Crippen LogP contribution is 2.39. The number of aromatic nitrogens is 1. The van der Waals surface area contributed by atoms with E-state index in [0.717, 1.165) is 18.5 Å². The molecule has 1 aromatic heterocycles. The second-order valence-electron chi connectivity index (χ2n) is 6.94. The first-order valence-corrected chi connectivity index (χ1v) is 8.18. The van der Waals surface area contributed by atoms with Crippen molar-refractivity contribution in [1.82, 2.24) is 10.3 Å². The zero-order valence-corrected chi connectivity index (χ0v) is 14.6. The highest BCUT2D eigenvalue weighted by atomic mass is 35.5. The second kappa shape index (κ2) is 7.68. The Kier molecular flexibility index (Phi) is 6.06. The van der Waals surface area contributed by atoms with Gasteiger partial charge in [-0.15, -0.1) is 12.4 Å². The maximum absolute atomic E-state index is 11.9. The van der Waals surface area contributed by atoms with Crippen LogP contribution in [-0.2, 0) is 4.79 Å². The fourth-order valence-corrected chi connectivity index (χ4v) is 3.15. The van der Waals surface area contributed by atoms with Gasteiger partial charge in [0.25, 0.3) is 0 Å². The molecule has 1 unspecified atom stereocenters. The number of carbonyl (C=O) groups is 1. The Morgan fingerprint density at radius 2 is 2.00 bits per heavy atom. The van der Waals surface area contributed by atoms with E-state index in [2.05, 4.69) is 10.3 Å². The molecule has 0 aliphatic heterocycles. The fraction of sp³-hybridized carbons (Fsp3) is 0.647. The molecule has 1 aromatic rings. The van der Waals surface area contributed by atoms with E-state index in [1.807, 2.05) is 19.1 Å². The van der Waals surface area contributed by atoms with Gasteiger partial charge >= 0.3 is 0 Å². The molecule has 3 N–H and O–H groups in total. The third kappa shape index (κ3) is 4.59. The summed E-state index contributed by atoms with van der Waals surface area (Å²) in [4.78, 5) is 16.2. The van der Waals surface area contributed by atoms with Crippen molar-refractivity contribution in [3.63, 3.8) is 0 Å². The summed E-state index contributed by atoms with van der Waals surface area (Å²) >= 11 is 0. The van der Waals surface area contributed by atoms with Crippen molar-refractivity contribution in [2.24, 2.45) is 11.3 Å². The Balaban J connectivity index is 0.00000208. The summed E-state index contributed by atoms with van der Waals surface area (Å²) in [5, 5.41) is 22.8. The molecule has 3 atom stereocenters. The van der Waals surface area contributed by atoms with Crippen molar-refractivity contribution < 1.29 is 19.7 Å². The molecular formula is C17H25ClN2O4. The number of nitrogens with zero attached hydrogens (tertiary/aromatic N) is 1. The summed E-state index contributed by atoms with van der Waals surface area (Å²) in [7, 11) is 0. The summed E-state index contributed by atoms with van der Waals surface area (Å²) in [5.74, 6) is 0.727. The molecule has 134 valence electrons. The van der Waals surface area contributed by atoms with Crippen molar-refractivity contribution in [2.75, 3.05) is 13.2 Å². The topological polar surface area (TPSA) is 91.7 Å². The highest BCUT2D eigenvalue weighted by molar-refractivity contribution is 5.85. The van der Waals surface area contributed by atoms with E-state index >= 15 is 0 Å². The van der Waals surface area contributed by atoms with Gasteiger partial charge in [-0.1, -0.05) is 6.07 Å². The van der Waals surface area contributed by atoms with E-state index in [1.54, 1.807) is 6.07 Å². The molecule has 7 heteroatoms. The summed E-state index contributed by atoms with van der Waals surface area (Å²) in [5.41, 5.74) is 0.402. The molecule has 1 heterocycles. The van der Waals surface area contributed by atoms with E-state index in [-0.39, 0.29) is 24.2 Å². The van der Waals surface area contributed by atoms with E-state index in [0.29, 0.717) is 31.9 Å². The van der Waals surface area contributed by atoms with Gasteiger partial charge < -0.3 is 20.3 Å². The van der Waals surface area contributed by atoms with Crippen molar-refractivity contribution in [2.45, 2.75) is 44.8 Å². The first-order chi connectivity index (χ1) is 11.0. The number of aliphatic hydroxyl groups is 2. The zero-order valence-electron chi connectivity index (χ0n) is 13.8. The van der Waals surface area contributed by atoms with Crippen LogP contribution in [-0.4, -0.2) is 46.5 Å². The van der Waals surface area contributed by atoms with Gasteiger partial charge in [0.1, 0.15) is 0 Å². The molecule has 0 radical (unpaired) electrons. The third-order valence-corrected chi connectivity index (χ3v) is 4.70. The predicted octanol–water partition coefficient (Wildman–Crippen LogP) is 1.22. The van der Waals surface area contributed by atoms with E-state index in [9.17, 15) is 15.0 Å². The normalized spacial score (nSPS) is 29.0. The monoisotopic (exact) mass is 356 g/mol. The Bertz CT molecular complexity index is 569. The average molecular weight is 357 g/mol. The number of aryl methyl sites for hydroxylation is 1. The largest absolute Gasteiger partial charge is 0.477 e. The van der Waals surface area contributed by atoms with Gasteiger partial charge in [0.15, 0.2) is 0 Å². The number of aliphatic hydroxyl groups excluding tert-OH is 2. The minimum absolute atomic E-state index is 0. The number of hydrogen-bond acceptors (Lipinski definition) is 5. The summed E-state index contributed by atoms with van der Waals surface area (Å²) in [6.45, 7) is 2.60. The maximum atomic E-state index is 11.9. The van der Waals surface area contributed by atoms with Crippen LogP contribution in [0.1, 0.15) is 31.4 Å². The van der Waals surface area contributed by atoms with E-state index in [1.165, 1.54) is 0 Å². The average Bonchev–Trinajstić information content (AvgIpc) is 3.31. The molecule has 3 rings (SSSR count). The smallest absolute Gasteiger partial charge is 0.223 e. The number of rotatable bonds is 6. The number of carbonyl (C=O) groups excluding carboxylic acids is 1. The summed E-state index contributed by atoms with van der Waals surface area (Å²) in [6, 6.07) is 5.55. The van der Waals surface area contributed by atoms with Crippen LogP contribution in [0, 0.1) is 18.3 Å². The van der Waals surface area contributed by atoms with Crippen LogP contribution in [0.25, 0.3) is 0 Å². The lowest BCUT2D eigenvalue weighted by atomic mass is 9.86. The van der Waals surface area contributed by atoms with Crippen LogP contribution in [0.5, 0.6) is 5.88 Å². The van der Waals surface area contributed by atoms with Gasteiger partial charge in [-0.25, -0.2) is 4.98 Å². The lowest BCUT2D eigenvalue weighted by Gasteiger charge is -2.29. The summed E-state index contributed by atoms with van der Waals surface area (Å²) < 4.78 is 5.79. The molecule has 2 fully saturated rings. The summed E-state index contributed by atoms with van der Waals surface area (Å²) in [6.07, 6.45) is 1.17. The Morgan fingerprint density at radius 1 is 1.33 bits per heavy atom. The molecular weight excluding hydrogens is 332 g/mol. The first-order valence-electron chi connectivity index (χ1n) is 8.18. The predicted molar refractivity (Wildman–Crippen MR) is 91.1 cm³/mol. The number of pyridine rings is 1. The number of hydrogen-bond donors (Lipinski definition) is 3. The molecule has 1 amide bonds. The van der Waals surface area contributed by atoms with Gasteiger partial charge in [0.2, 0.25) is 11.8 Å². The van der Waals surface area contributed by atoms with E-state index < -0.39 is 17.6 Å². The Hall–Kier alpha value is -1.37. The lowest BCUT2D eigenvalue weighted by Crippen LogP contribution is -2.41. The molecule has 2 aliphatic carbocycles. The maximum Gasteiger partial charge on any atom is 0.223 e. The van der Waals surface area contributed by atoms with E-state index in [4.69, 9.17) is 4.74 Å². The minimum atomic E-state index is -0.776. The Morgan fingerprint density at radius 3 is 2.58 bits per heavy atom.